The van der Waals surface area contributed by atoms with E-state index in [0.717, 1.165) is 24.3 Å². The zero-order chi connectivity index (χ0) is 32.4. The Hall–Kier alpha value is -4.88. The van der Waals surface area contributed by atoms with Crippen molar-refractivity contribution in [3.63, 3.8) is 0 Å². The van der Waals surface area contributed by atoms with Crippen molar-refractivity contribution in [1.82, 2.24) is 29.8 Å². The molecule has 2 aromatic heterocycles. The average molecular weight is 655 g/mol. The molecule has 2 heterocycles. The maximum Gasteiger partial charge on any atom is 0.573 e. The highest BCUT2D eigenvalue weighted by atomic mass is 32.2. The Morgan fingerprint density at radius 2 is 1.76 bits per heavy atom. The molecule has 0 aliphatic heterocycles. The highest BCUT2D eigenvalue weighted by Crippen LogP contribution is 2.37. The van der Waals surface area contributed by atoms with Gasteiger partial charge < -0.3 is 13.9 Å². The third kappa shape index (κ3) is 7.44. The summed E-state index contributed by atoms with van der Waals surface area (Å²) in [6.45, 7) is -0.0179. The van der Waals surface area contributed by atoms with Gasteiger partial charge >= 0.3 is 12.5 Å². The number of amides is 1. The molecule has 0 fully saturated rings. The van der Waals surface area contributed by atoms with Crippen molar-refractivity contribution in [2.24, 2.45) is 12.0 Å². The third-order valence-electron chi connectivity index (χ3n) is 6.18. The van der Waals surface area contributed by atoms with Gasteiger partial charge in [0.25, 0.3) is 5.91 Å². The van der Waals surface area contributed by atoms with Crippen LogP contribution in [0.4, 0.5) is 38.0 Å². The molecule has 0 atom stereocenters. The van der Waals surface area contributed by atoms with E-state index in [0.29, 0.717) is 23.1 Å². The maximum atomic E-state index is 14.0. The summed E-state index contributed by atoms with van der Waals surface area (Å²) >= 11 is 0.561. The van der Waals surface area contributed by atoms with Gasteiger partial charge in [-0.2, -0.15) is 17.5 Å². The number of carbonyl (C=O) groups is 1. The van der Waals surface area contributed by atoms with Crippen LogP contribution < -0.4 is 15.7 Å². The van der Waals surface area contributed by atoms with E-state index in [4.69, 9.17) is 4.33 Å². The van der Waals surface area contributed by atoms with Crippen LogP contribution in [0.3, 0.4) is 0 Å². The number of rotatable bonds is 9. The van der Waals surface area contributed by atoms with E-state index in [1.807, 2.05) is 0 Å². The number of nitrogens with zero attached hydrogens (tertiary/aromatic N) is 6. The fraction of sp³-hybridized carbons (Fsp3) is 0.192. The number of aromatic amines is 1. The zero-order valence-corrected chi connectivity index (χ0v) is 23.8. The lowest BCUT2D eigenvalue weighted by atomic mass is 10.1. The van der Waals surface area contributed by atoms with E-state index in [1.165, 1.54) is 40.5 Å². The van der Waals surface area contributed by atoms with Gasteiger partial charge in [-0.25, -0.2) is 15.0 Å². The summed E-state index contributed by atoms with van der Waals surface area (Å²) in [4.78, 5) is 21.7. The fourth-order valence-corrected chi connectivity index (χ4v) is 4.92. The van der Waals surface area contributed by atoms with Gasteiger partial charge in [-0.15, -0.1) is 13.2 Å². The van der Waals surface area contributed by atoms with Crippen LogP contribution in [0.5, 0.6) is 5.75 Å². The van der Waals surface area contributed by atoms with Crippen LogP contribution in [0.1, 0.15) is 21.5 Å². The second-order valence-electron chi connectivity index (χ2n) is 9.16. The van der Waals surface area contributed by atoms with Crippen LogP contribution in [0, 0.1) is 0 Å². The molecule has 45 heavy (non-hydrogen) atoms. The van der Waals surface area contributed by atoms with Crippen LogP contribution in [0.15, 0.2) is 70.6 Å². The van der Waals surface area contributed by atoms with Gasteiger partial charge in [0.1, 0.15) is 5.75 Å². The Balaban J connectivity index is 1.62. The molecule has 0 aliphatic carbocycles. The lowest BCUT2D eigenvalue weighted by molar-refractivity contribution is -0.274. The molecule has 236 valence electrons. The molecule has 12 nitrogen and oxygen atoms in total. The molecule has 5 aromatic rings. The highest BCUT2D eigenvalue weighted by Gasteiger charge is 2.33. The SMILES string of the molecule is COOSc1cc(C(F)(F)F)cc2c1n(C)/c(=N\c1ccc(OC(F)(F)F)cc1)n2Cc1ccc(C(=O)Nc2nnn[nH]2)cc1. The molecule has 3 aromatic carbocycles. The summed E-state index contributed by atoms with van der Waals surface area (Å²) < 4.78 is 91.6. The van der Waals surface area contributed by atoms with Gasteiger partial charge in [-0.05, 0) is 64.5 Å². The minimum atomic E-state index is -4.89. The molecule has 0 unspecified atom stereocenters. The first-order valence-electron chi connectivity index (χ1n) is 12.5. The number of carbonyl (C=O) groups excluding carboxylic acids is 1. The van der Waals surface area contributed by atoms with Crippen molar-refractivity contribution >= 4 is 40.6 Å². The maximum absolute atomic E-state index is 14.0. The summed E-state index contributed by atoms with van der Waals surface area (Å²) in [5, 5.41) is 15.2. The number of anilines is 1. The molecule has 2 N–H and O–H groups in total. The number of hydrogen-bond acceptors (Lipinski definition) is 9. The fourth-order valence-electron chi connectivity index (χ4n) is 4.29. The van der Waals surface area contributed by atoms with Crippen LogP contribution in [0.25, 0.3) is 11.0 Å². The molecule has 5 rings (SSSR count). The quantitative estimate of drug-likeness (QED) is 0.0918. The minimum absolute atomic E-state index is 0.0179. The van der Waals surface area contributed by atoms with E-state index >= 15 is 0 Å². The Morgan fingerprint density at radius 1 is 1.04 bits per heavy atom. The number of fused-ring (bicyclic) bond motifs is 1. The van der Waals surface area contributed by atoms with Gasteiger partial charge in [0.2, 0.25) is 11.6 Å². The monoisotopic (exact) mass is 654 g/mol. The summed E-state index contributed by atoms with van der Waals surface area (Å²) in [6.07, 6.45) is -9.61. The van der Waals surface area contributed by atoms with Crippen molar-refractivity contribution in [3.8, 4) is 5.75 Å². The van der Waals surface area contributed by atoms with Gasteiger partial charge in [0.05, 0.1) is 52.9 Å². The zero-order valence-electron chi connectivity index (χ0n) is 23.0. The first-order valence-corrected chi connectivity index (χ1v) is 13.3. The number of nitrogens with one attached hydrogen (secondary N) is 2. The van der Waals surface area contributed by atoms with Crippen LogP contribution in [-0.2, 0) is 29.0 Å². The number of aryl methyl sites for hydroxylation is 1. The highest BCUT2D eigenvalue weighted by molar-refractivity contribution is 7.94. The van der Waals surface area contributed by atoms with E-state index in [1.54, 1.807) is 19.2 Å². The van der Waals surface area contributed by atoms with E-state index in [-0.39, 0.29) is 39.8 Å². The van der Waals surface area contributed by atoms with Gasteiger partial charge in [-0.3, -0.25) is 10.1 Å². The van der Waals surface area contributed by atoms with Crippen LogP contribution >= 0.6 is 12.0 Å². The normalized spacial score (nSPS) is 12.6. The lowest BCUT2D eigenvalue weighted by Gasteiger charge is -2.12. The Morgan fingerprint density at radius 3 is 2.36 bits per heavy atom. The molecular weight excluding hydrogens is 634 g/mol. The van der Waals surface area contributed by atoms with E-state index in [2.05, 4.69) is 40.6 Å². The number of alkyl halides is 6. The number of imidazole rings is 1. The number of ether oxygens (including phenoxy) is 1. The second-order valence-corrected chi connectivity index (χ2v) is 9.90. The van der Waals surface area contributed by atoms with E-state index < -0.39 is 29.8 Å². The smallest absolute Gasteiger partial charge is 0.406 e. The predicted octanol–water partition coefficient (Wildman–Crippen LogP) is 5.53. The largest absolute Gasteiger partial charge is 0.573 e. The number of aromatic nitrogens is 6. The average Bonchev–Trinajstić information content (AvgIpc) is 3.58. The number of H-pyrrole nitrogens is 1. The number of tetrazole rings is 1. The first kappa shape index (κ1) is 31.5. The topological polar surface area (TPSA) is 133 Å². The van der Waals surface area contributed by atoms with Crippen molar-refractivity contribution in [1.29, 1.82) is 0 Å². The molecule has 1 amide bonds. The predicted molar refractivity (Wildman–Crippen MR) is 146 cm³/mol. The minimum Gasteiger partial charge on any atom is -0.406 e. The van der Waals surface area contributed by atoms with Crippen LogP contribution in [-0.4, -0.2) is 49.1 Å². The molecular formula is C26H20F6N8O4S. The first-order chi connectivity index (χ1) is 21.3. The van der Waals surface area contributed by atoms with Gasteiger partial charge in [-0.1, -0.05) is 17.2 Å². The summed E-state index contributed by atoms with van der Waals surface area (Å²) in [5.41, 5.74) is 0.617. The number of hydrogen-bond donors (Lipinski definition) is 2. The number of benzene rings is 3. The Bertz CT molecular complexity index is 1870. The van der Waals surface area contributed by atoms with E-state index in [9.17, 15) is 31.1 Å². The third-order valence-corrected chi connectivity index (χ3v) is 6.87. The molecule has 0 spiro atoms. The molecule has 19 heteroatoms. The molecule has 0 saturated carbocycles. The van der Waals surface area contributed by atoms with Gasteiger partial charge in [0.15, 0.2) is 0 Å². The van der Waals surface area contributed by atoms with Crippen molar-refractivity contribution in [3.05, 3.63) is 83.0 Å². The van der Waals surface area contributed by atoms with Crippen molar-refractivity contribution < 1.29 is 45.1 Å². The second kappa shape index (κ2) is 12.6. The Labute approximate surface area is 252 Å². The van der Waals surface area contributed by atoms with Crippen molar-refractivity contribution in [2.45, 2.75) is 24.0 Å². The molecule has 0 aliphatic rings. The lowest BCUT2D eigenvalue weighted by Crippen LogP contribution is -2.24. The van der Waals surface area contributed by atoms with Crippen LogP contribution in [0.2, 0.25) is 0 Å². The number of halogens is 6. The summed E-state index contributed by atoms with van der Waals surface area (Å²) in [6, 6.07) is 12.7. The Kier molecular flexibility index (Phi) is 8.84. The standard InChI is InChI=1S/C26H20F6N8O4S/c1-39-21-19(11-16(25(27,28)29)12-20(21)45-44-42-2)40(24(39)33-17-7-9-18(10-8-17)43-26(30,31)32)13-14-3-5-15(6-4-14)22(41)34-23-35-37-38-36-23/h3-12H,13H2,1-2H3,(H2,34,35,36,37,38,41)/b33-24+. The molecule has 0 saturated heterocycles. The van der Waals surface area contributed by atoms with Gasteiger partial charge in [0, 0.05) is 12.6 Å². The summed E-state index contributed by atoms with van der Waals surface area (Å²) in [7, 11) is 2.76. The molecule has 0 bridgehead atoms. The van der Waals surface area contributed by atoms with Crippen molar-refractivity contribution in [2.75, 3.05) is 12.4 Å². The summed E-state index contributed by atoms with van der Waals surface area (Å²) in [5.74, 6) is -0.951. The molecule has 0 radical (unpaired) electrons.